The van der Waals surface area contributed by atoms with Crippen LogP contribution in [0, 0.1) is 12.7 Å². The first-order valence-corrected chi connectivity index (χ1v) is 6.35. The highest BCUT2D eigenvalue weighted by molar-refractivity contribution is 5.40. The summed E-state index contributed by atoms with van der Waals surface area (Å²) in [6, 6.07) is 12.3. The van der Waals surface area contributed by atoms with Gasteiger partial charge in [-0.1, -0.05) is 23.8 Å². The molecule has 0 saturated heterocycles. The van der Waals surface area contributed by atoms with Crippen LogP contribution in [-0.4, -0.2) is 12.7 Å². The normalized spacial score (nSPS) is 16.8. The SMILES string of the molecule is Cc1ccc2c(c1)CC(COc1cccc(F)c1)O2. The molecule has 0 spiro atoms. The average molecular weight is 258 g/mol. The summed E-state index contributed by atoms with van der Waals surface area (Å²) in [6.07, 6.45) is 0.840. The summed E-state index contributed by atoms with van der Waals surface area (Å²) in [5.74, 6) is 1.18. The Bertz CT molecular complexity index is 595. The Morgan fingerprint density at radius 3 is 3.00 bits per heavy atom. The van der Waals surface area contributed by atoms with Gasteiger partial charge in [-0.2, -0.15) is 0 Å². The number of rotatable bonds is 3. The third-order valence-electron chi connectivity index (χ3n) is 3.19. The highest BCUT2D eigenvalue weighted by Gasteiger charge is 2.23. The van der Waals surface area contributed by atoms with Gasteiger partial charge in [0, 0.05) is 12.5 Å². The van der Waals surface area contributed by atoms with Gasteiger partial charge in [0.05, 0.1) is 0 Å². The van der Waals surface area contributed by atoms with Gasteiger partial charge in [0.25, 0.3) is 0 Å². The van der Waals surface area contributed by atoms with E-state index in [0.29, 0.717) is 12.4 Å². The molecule has 1 aliphatic rings. The molecule has 2 aromatic rings. The summed E-state index contributed by atoms with van der Waals surface area (Å²) < 4.78 is 24.4. The molecule has 0 bridgehead atoms. The summed E-state index contributed by atoms with van der Waals surface area (Å²) in [5, 5.41) is 0. The number of hydrogen-bond acceptors (Lipinski definition) is 2. The molecule has 0 radical (unpaired) electrons. The summed E-state index contributed by atoms with van der Waals surface area (Å²) in [4.78, 5) is 0. The van der Waals surface area contributed by atoms with Crippen molar-refractivity contribution in [3.8, 4) is 11.5 Å². The number of aryl methyl sites for hydroxylation is 1. The Labute approximate surface area is 111 Å². The van der Waals surface area contributed by atoms with Crippen molar-refractivity contribution in [1.29, 1.82) is 0 Å². The van der Waals surface area contributed by atoms with E-state index < -0.39 is 0 Å². The molecule has 19 heavy (non-hydrogen) atoms. The first-order chi connectivity index (χ1) is 9.20. The van der Waals surface area contributed by atoms with Gasteiger partial charge in [0.1, 0.15) is 30.0 Å². The largest absolute Gasteiger partial charge is 0.490 e. The van der Waals surface area contributed by atoms with Gasteiger partial charge in [0.15, 0.2) is 0 Å². The zero-order chi connectivity index (χ0) is 13.2. The van der Waals surface area contributed by atoms with Crippen LogP contribution in [0.2, 0.25) is 0 Å². The lowest BCUT2D eigenvalue weighted by Crippen LogP contribution is -2.22. The molecule has 0 aromatic heterocycles. The predicted octanol–water partition coefficient (Wildman–Crippen LogP) is 3.52. The second-order valence-corrected chi connectivity index (χ2v) is 4.82. The molecule has 0 amide bonds. The Hall–Kier alpha value is -2.03. The van der Waals surface area contributed by atoms with Gasteiger partial charge in [-0.3, -0.25) is 0 Å². The van der Waals surface area contributed by atoms with Crippen LogP contribution in [0.15, 0.2) is 42.5 Å². The third-order valence-corrected chi connectivity index (χ3v) is 3.19. The third kappa shape index (κ3) is 2.70. The lowest BCUT2D eigenvalue weighted by Gasteiger charge is -2.12. The zero-order valence-corrected chi connectivity index (χ0v) is 10.7. The van der Waals surface area contributed by atoms with Crippen molar-refractivity contribution in [2.45, 2.75) is 19.4 Å². The highest BCUT2D eigenvalue weighted by atomic mass is 19.1. The minimum absolute atomic E-state index is 0.0000624. The molecule has 1 atom stereocenters. The van der Waals surface area contributed by atoms with Crippen LogP contribution in [0.25, 0.3) is 0 Å². The number of benzene rings is 2. The van der Waals surface area contributed by atoms with Crippen molar-refractivity contribution >= 4 is 0 Å². The number of fused-ring (bicyclic) bond motifs is 1. The quantitative estimate of drug-likeness (QED) is 0.838. The van der Waals surface area contributed by atoms with Crippen molar-refractivity contribution in [2.75, 3.05) is 6.61 Å². The van der Waals surface area contributed by atoms with E-state index in [1.165, 1.54) is 23.3 Å². The van der Waals surface area contributed by atoms with Crippen molar-refractivity contribution in [3.05, 3.63) is 59.4 Å². The first kappa shape index (κ1) is 12.0. The molecular formula is C16H15FO2. The minimum Gasteiger partial charge on any atom is -0.490 e. The maximum absolute atomic E-state index is 13.0. The molecule has 1 aliphatic heterocycles. The van der Waals surface area contributed by atoms with Crippen LogP contribution in [0.1, 0.15) is 11.1 Å². The number of ether oxygens (including phenoxy) is 2. The summed E-state index contributed by atoms with van der Waals surface area (Å²) >= 11 is 0. The number of hydrogen-bond donors (Lipinski definition) is 0. The molecule has 0 N–H and O–H groups in total. The maximum atomic E-state index is 13.0. The first-order valence-electron chi connectivity index (χ1n) is 6.35. The van der Waals surface area contributed by atoms with Crippen molar-refractivity contribution in [1.82, 2.24) is 0 Å². The summed E-state index contributed by atoms with van der Waals surface area (Å²) in [5.41, 5.74) is 2.45. The second-order valence-electron chi connectivity index (χ2n) is 4.82. The lowest BCUT2D eigenvalue weighted by atomic mass is 10.1. The predicted molar refractivity (Wildman–Crippen MR) is 71.2 cm³/mol. The topological polar surface area (TPSA) is 18.5 Å². The molecule has 98 valence electrons. The van der Waals surface area contributed by atoms with Crippen molar-refractivity contribution in [3.63, 3.8) is 0 Å². The van der Waals surface area contributed by atoms with Crippen LogP contribution < -0.4 is 9.47 Å². The van der Waals surface area contributed by atoms with Crippen LogP contribution in [0.5, 0.6) is 11.5 Å². The van der Waals surface area contributed by atoms with E-state index in [1.807, 2.05) is 12.1 Å². The van der Waals surface area contributed by atoms with E-state index in [2.05, 4.69) is 13.0 Å². The van der Waals surface area contributed by atoms with E-state index in [1.54, 1.807) is 12.1 Å². The van der Waals surface area contributed by atoms with Gasteiger partial charge in [-0.05, 0) is 30.7 Å². The highest BCUT2D eigenvalue weighted by Crippen LogP contribution is 2.29. The summed E-state index contributed by atoms with van der Waals surface area (Å²) in [7, 11) is 0. The van der Waals surface area contributed by atoms with E-state index >= 15 is 0 Å². The van der Waals surface area contributed by atoms with Gasteiger partial charge >= 0.3 is 0 Å². The molecule has 0 aliphatic carbocycles. The van der Waals surface area contributed by atoms with Gasteiger partial charge in [0.2, 0.25) is 0 Å². The number of halogens is 1. The molecule has 3 heteroatoms. The van der Waals surface area contributed by atoms with Gasteiger partial charge in [-0.25, -0.2) is 4.39 Å². The minimum atomic E-state index is -0.288. The summed E-state index contributed by atoms with van der Waals surface area (Å²) in [6.45, 7) is 2.49. The standard InChI is InChI=1S/C16H15FO2/c1-11-5-6-16-12(7-11)8-15(19-16)10-18-14-4-2-3-13(17)9-14/h2-7,9,15H,8,10H2,1H3. The molecule has 1 unspecified atom stereocenters. The van der Waals surface area contributed by atoms with Gasteiger partial charge in [-0.15, -0.1) is 0 Å². The molecule has 2 aromatic carbocycles. The molecule has 3 rings (SSSR count). The van der Waals surface area contributed by atoms with Crippen molar-refractivity contribution < 1.29 is 13.9 Å². The van der Waals surface area contributed by atoms with E-state index in [0.717, 1.165) is 12.2 Å². The molecule has 0 saturated carbocycles. The van der Waals surface area contributed by atoms with E-state index in [-0.39, 0.29) is 11.9 Å². The Morgan fingerprint density at radius 2 is 2.16 bits per heavy atom. The van der Waals surface area contributed by atoms with Crippen LogP contribution in [-0.2, 0) is 6.42 Å². The monoisotopic (exact) mass is 258 g/mol. The van der Waals surface area contributed by atoms with Crippen molar-refractivity contribution in [2.24, 2.45) is 0 Å². The maximum Gasteiger partial charge on any atom is 0.137 e. The van der Waals surface area contributed by atoms with Crippen LogP contribution in [0.3, 0.4) is 0 Å². The fourth-order valence-corrected chi connectivity index (χ4v) is 2.29. The molecular weight excluding hydrogens is 243 g/mol. The van der Waals surface area contributed by atoms with E-state index in [9.17, 15) is 4.39 Å². The lowest BCUT2D eigenvalue weighted by molar-refractivity contribution is 0.148. The fraction of sp³-hybridized carbons (Fsp3) is 0.250. The zero-order valence-electron chi connectivity index (χ0n) is 10.7. The van der Waals surface area contributed by atoms with E-state index in [4.69, 9.17) is 9.47 Å². The fourth-order valence-electron chi connectivity index (χ4n) is 2.29. The Kier molecular flexibility index (Phi) is 3.11. The molecule has 2 nitrogen and oxygen atoms in total. The smallest absolute Gasteiger partial charge is 0.137 e. The Balaban J connectivity index is 1.62. The molecule has 0 fully saturated rings. The molecule has 1 heterocycles. The average Bonchev–Trinajstić information content (AvgIpc) is 2.78. The van der Waals surface area contributed by atoms with Crippen LogP contribution >= 0.6 is 0 Å². The van der Waals surface area contributed by atoms with Gasteiger partial charge < -0.3 is 9.47 Å². The Morgan fingerprint density at radius 1 is 1.26 bits per heavy atom. The van der Waals surface area contributed by atoms with Crippen LogP contribution in [0.4, 0.5) is 4.39 Å². The second kappa shape index (κ2) is 4.92.